The van der Waals surface area contributed by atoms with Gasteiger partial charge >= 0.3 is 0 Å². The number of benzene rings is 1. The average Bonchev–Trinajstić information content (AvgIpc) is 3.22. The van der Waals surface area contributed by atoms with Crippen LogP contribution in [0.15, 0.2) is 47.5 Å². The fourth-order valence-electron chi connectivity index (χ4n) is 4.12. The van der Waals surface area contributed by atoms with Crippen molar-refractivity contribution in [1.82, 2.24) is 9.97 Å². The predicted octanol–water partition coefficient (Wildman–Crippen LogP) is 4.92. The van der Waals surface area contributed by atoms with Gasteiger partial charge in [-0.2, -0.15) is 0 Å². The number of hydrogen-bond donors (Lipinski definition) is 3. The number of furan rings is 1. The zero-order valence-electron chi connectivity index (χ0n) is 18.6. The summed E-state index contributed by atoms with van der Waals surface area (Å²) in [6.07, 6.45) is 9.24. The Hall–Kier alpha value is -2.97. The summed E-state index contributed by atoms with van der Waals surface area (Å²) in [6.45, 7) is 4.49. The van der Waals surface area contributed by atoms with Gasteiger partial charge in [0.1, 0.15) is 24.0 Å². The van der Waals surface area contributed by atoms with E-state index in [1.54, 1.807) is 12.4 Å². The largest absolute Gasteiger partial charge is 0.503 e. The molecule has 0 aliphatic carbocycles. The van der Waals surface area contributed by atoms with Gasteiger partial charge in [-0.25, -0.2) is 9.97 Å². The fraction of sp³-hybridized carbons (Fsp3) is 0.417. The molecule has 0 saturated carbocycles. The Kier molecular flexibility index (Phi) is 7.57. The third-order valence-electron chi connectivity index (χ3n) is 6.00. The number of aryl methyl sites for hydroxylation is 1. The maximum atomic E-state index is 10.4. The molecular weight excluding hydrogens is 444 g/mol. The minimum Gasteiger partial charge on any atom is -0.503 e. The van der Waals surface area contributed by atoms with Gasteiger partial charge in [-0.05, 0) is 56.2 Å². The number of anilines is 2. The number of ether oxygens (including phenoxy) is 1. The van der Waals surface area contributed by atoms with Crippen molar-refractivity contribution in [2.75, 3.05) is 29.9 Å². The van der Waals surface area contributed by atoms with Crippen molar-refractivity contribution in [3.8, 4) is 11.5 Å². The van der Waals surface area contributed by atoms with Crippen LogP contribution in [0.3, 0.4) is 0 Å². The Bertz CT molecular complexity index is 1040. The van der Waals surface area contributed by atoms with Crippen molar-refractivity contribution in [2.45, 2.75) is 38.8 Å². The second-order valence-electron chi connectivity index (χ2n) is 8.36. The minimum absolute atomic E-state index is 0.0457. The van der Waals surface area contributed by atoms with Crippen LogP contribution in [0.1, 0.15) is 43.0 Å². The lowest BCUT2D eigenvalue weighted by atomic mass is 9.92. The first-order chi connectivity index (χ1) is 16.0. The molecule has 0 amide bonds. The Morgan fingerprint density at radius 1 is 1.24 bits per heavy atom. The molecule has 0 bridgehead atoms. The molecule has 3 heterocycles. The van der Waals surface area contributed by atoms with Gasteiger partial charge in [0.15, 0.2) is 12.0 Å². The first kappa shape index (κ1) is 23.2. The summed E-state index contributed by atoms with van der Waals surface area (Å²) < 4.78 is 10.8. The zero-order valence-corrected chi connectivity index (χ0v) is 19.3. The lowest BCUT2D eigenvalue weighted by molar-refractivity contribution is 0.206. The van der Waals surface area contributed by atoms with E-state index in [1.165, 1.54) is 12.5 Å². The van der Waals surface area contributed by atoms with Crippen molar-refractivity contribution in [2.24, 2.45) is 5.92 Å². The number of nitrogens with zero attached hydrogens (tertiary/aromatic N) is 3. The van der Waals surface area contributed by atoms with E-state index in [2.05, 4.69) is 20.2 Å². The highest BCUT2D eigenvalue weighted by molar-refractivity contribution is 6.30. The Balaban J connectivity index is 1.18. The molecule has 9 heteroatoms. The highest BCUT2D eigenvalue weighted by atomic mass is 35.5. The number of aliphatic hydroxyl groups excluding tert-OH is 1. The lowest BCUT2D eigenvalue weighted by Crippen LogP contribution is -2.34. The summed E-state index contributed by atoms with van der Waals surface area (Å²) in [5.74, 6) is 2.17. The molecule has 1 aromatic carbocycles. The van der Waals surface area contributed by atoms with Crippen molar-refractivity contribution < 1.29 is 19.4 Å². The van der Waals surface area contributed by atoms with E-state index in [1.807, 2.05) is 25.1 Å². The van der Waals surface area contributed by atoms with Crippen LogP contribution in [0.2, 0.25) is 5.02 Å². The topological polar surface area (TPSA) is 104 Å². The molecule has 1 saturated heterocycles. The van der Waals surface area contributed by atoms with Crippen LogP contribution in [-0.4, -0.2) is 39.9 Å². The number of aliphatic hydroxyl groups is 1. The normalized spacial score (nSPS) is 15.4. The Labute approximate surface area is 198 Å². The van der Waals surface area contributed by atoms with E-state index in [9.17, 15) is 10.2 Å². The van der Waals surface area contributed by atoms with Crippen molar-refractivity contribution in [3.05, 3.63) is 59.3 Å². The molecule has 8 nitrogen and oxygen atoms in total. The predicted molar refractivity (Wildman–Crippen MR) is 127 cm³/mol. The lowest BCUT2D eigenvalue weighted by Gasteiger charge is -2.32. The summed E-state index contributed by atoms with van der Waals surface area (Å²) in [5.41, 5.74) is 1.94. The minimum atomic E-state index is -0.966. The molecule has 1 aliphatic rings. The van der Waals surface area contributed by atoms with Crippen LogP contribution in [-0.2, 0) is 0 Å². The fourth-order valence-corrected chi connectivity index (χ4v) is 4.22. The molecule has 4 rings (SSSR count). The summed E-state index contributed by atoms with van der Waals surface area (Å²) >= 11 is 5.87. The smallest absolute Gasteiger partial charge is 0.225 e. The van der Waals surface area contributed by atoms with Gasteiger partial charge < -0.3 is 29.6 Å². The third-order valence-corrected chi connectivity index (χ3v) is 6.19. The number of aromatic nitrogens is 2. The van der Waals surface area contributed by atoms with E-state index in [0.717, 1.165) is 56.0 Å². The number of rotatable bonds is 9. The summed E-state index contributed by atoms with van der Waals surface area (Å²) in [4.78, 5) is 10.8. The molecule has 33 heavy (non-hydrogen) atoms. The van der Waals surface area contributed by atoms with Crippen LogP contribution < -0.4 is 15.0 Å². The van der Waals surface area contributed by atoms with Gasteiger partial charge in [0, 0.05) is 18.7 Å². The monoisotopic (exact) mass is 472 g/mol. The van der Waals surface area contributed by atoms with Gasteiger partial charge in [-0.1, -0.05) is 17.7 Å². The molecule has 3 aromatic rings. The molecular formula is C24H29ClN4O4. The second-order valence-corrected chi connectivity index (χ2v) is 8.79. The Morgan fingerprint density at radius 3 is 2.67 bits per heavy atom. The van der Waals surface area contributed by atoms with Gasteiger partial charge in [0.05, 0.1) is 24.0 Å². The maximum absolute atomic E-state index is 10.4. The summed E-state index contributed by atoms with van der Waals surface area (Å²) in [7, 11) is 0. The number of nitrogens with one attached hydrogen (secondary N) is 1. The van der Waals surface area contributed by atoms with Crippen LogP contribution in [0.5, 0.6) is 11.5 Å². The molecule has 0 spiro atoms. The molecule has 1 aliphatic heterocycles. The van der Waals surface area contributed by atoms with Crippen molar-refractivity contribution >= 4 is 23.2 Å². The van der Waals surface area contributed by atoms with Crippen molar-refractivity contribution in [1.29, 1.82) is 0 Å². The standard InChI is InChI=1S/C24H29ClN4O4/c1-16-11-19(4-5-20(16)23(31)28-21-14-32-15-22(21)30)33-10-2-3-17-6-8-29(9-7-17)24-26-12-18(25)13-27-24/h4-5,11-15,17,23,28,30-31H,2-3,6-10H2,1H3. The number of halogens is 1. The van der Waals surface area contributed by atoms with E-state index < -0.39 is 6.23 Å². The average molecular weight is 473 g/mol. The van der Waals surface area contributed by atoms with Crippen LogP contribution in [0.25, 0.3) is 0 Å². The Morgan fingerprint density at radius 2 is 2.00 bits per heavy atom. The summed E-state index contributed by atoms with van der Waals surface area (Å²) in [6, 6.07) is 5.60. The second kappa shape index (κ2) is 10.8. The highest BCUT2D eigenvalue weighted by Crippen LogP contribution is 2.30. The first-order valence-corrected chi connectivity index (χ1v) is 11.5. The molecule has 176 valence electrons. The zero-order chi connectivity index (χ0) is 23.2. The van der Waals surface area contributed by atoms with Crippen LogP contribution in [0, 0.1) is 12.8 Å². The molecule has 1 fully saturated rings. The molecule has 1 unspecified atom stereocenters. The number of piperidine rings is 1. The molecule has 1 atom stereocenters. The van der Waals surface area contributed by atoms with Crippen LogP contribution in [0.4, 0.5) is 11.6 Å². The van der Waals surface area contributed by atoms with Crippen LogP contribution >= 0.6 is 11.6 Å². The molecule has 2 aromatic heterocycles. The SMILES string of the molecule is Cc1cc(OCCCC2CCN(c3ncc(Cl)cn3)CC2)ccc1C(O)Nc1cocc1O. The number of aromatic hydroxyl groups is 1. The van der Waals surface area contributed by atoms with E-state index >= 15 is 0 Å². The van der Waals surface area contributed by atoms with E-state index in [-0.39, 0.29) is 5.75 Å². The molecule has 0 radical (unpaired) electrons. The highest BCUT2D eigenvalue weighted by Gasteiger charge is 2.21. The van der Waals surface area contributed by atoms with Gasteiger partial charge in [0.25, 0.3) is 0 Å². The molecule has 3 N–H and O–H groups in total. The summed E-state index contributed by atoms with van der Waals surface area (Å²) in [5, 5.41) is 23.5. The first-order valence-electron chi connectivity index (χ1n) is 11.1. The maximum Gasteiger partial charge on any atom is 0.225 e. The van der Waals surface area contributed by atoms with Crippen molar-refractivity contribution in [3.63, 3.8) is 0 Å². The number of hydrogen-bond acceptors (Lipinski definition) is 8. The van der Waals surface area contributed by atoms with E-state index in [0.29, 0.717) is 28.8 Å². The third kappa shape index (κ3) is 6.09. The van der Waals surface area contributed by atoms with Gasteiger partial charge in [-0.3, -0.25) is 0 Å². The van der Waals surface area contributed by atoms with Gasteiger partial charge in [0.2, 0.25) is 5.95 Å². The quantitative estimate of drug-likeness (QED) is 0.298. The van der Waals surface area contributed by atoms with Gasteiger partial charge in [-0.15, -0.1) is 0 Å². The van der Waals surface area contributed by atoms with E-state index in [4.69, 9.17) is 20.8 Å².